The molecule has 14 heavy (non-hydrogen) atoms. The van der Waals surface area contributed by atoms with Gasteiger partial charge in [-0.2, -0.15) is 0 Å². The van der Waals surface area contributed by atoms with E-state index in [2.05, 4.69) is 4.72 Å². The molecule has 0 aromatic heterocycles. The zero-order chi connectivity index (χ0) is 10.8. The van der Waals surface area contributed by atoms with Crippen LogP contribution in [0.25, 0.3) is 0 Å². The monoisotopic (exact) mass is 233 g/mol. The van der Waals surface area contributed by atoms with Crippen molar-refractivity contribution < 1.29 is 13.2 Å². The Morgan fingerprint density at radius 3 is 2.64 bits per heavy atom. The molecule has 0 bridgehead atoms. The second-order valence-electron chi connectivity index (χ2n) is 2.74. The lowest BCUT2D eigenvalue weighted by molar-refractivity contribution is -0.105. The van der Waals surface area contributed by atoms with E-state index in [4.69, 9.17) is 0 Å². The molecule has 0 aliphatic carbocycles. The zero-order valence-electron chi connectivity index (χ0n) is 7.90. The van der Waals surface area contributed by atoms with Gasteiger partial charge in [0.2, 0.25) is 10.0 Å². The van der Waals surface area contributed by atoms with Gasteiger partial charge in [0.15, 0.2) is 0 Å². The molecule has 0 atom stereocenters. The Kier molecular flexibility index (Phi) is 3.52. The number of sulfonamides is 1. The fourth-order valence-corrected chi connectivity index (χ4v) is 3.29. The van der Waals surface area contributed by atoms with Crippen LogP contribution < -0.4 is 4.72 Å². The van der Waals surface area contributed by atoms with Crippen LogP contribution in [0.1, 0.15) is 13.3 Å². The SMILES string of the molecule is CNS(=O)(=O)C1=CCC(C=O)=C(C)S1. The van der Waals surface area contributed by atoms with Crippen molar-refractivity contribution in [3.63, 3.8) is 0 Å². The molecule has 1 rings (SSSR count). The van der Waals surface area contributed by atoms with Crippen molar-refractivity contribution in [2.24, 2.45) is 0 Å². The molecule has 0 radical (unpaired) electrons. The number of allylic oxidation sites excluding steroid dienone is 3. The molecule has 1 heterocycles. The third-order valence-corrected chi connectivity index (χ3v) is 4.95. The molecule has 0 aromatic rings. The number of thioether (sulfide) groups is 1. The Bertz CT molecular complexity index is 406. The molecular formula is C8H11NO3S2. The summed E-state index contributed by atoms with van der Waals surface area (Å²) in [6.07, 6.45) is 2.70. The highest BCUT2D eigenvalue weighted by Gasteiger charge is 2.21. The highest BCUT2D eigenvalue weighted by Crippen LogP contribution is 2.35. The molecule has 0 spiro atoms. The van der Waals surface area contributed by atoms with E-state index in [0.29, 0.717) is 12.0 Å². The third-order valence-electron chi connectivity index (χ3n) is 1.87. The van der Waals surface area contributed by atoms with Crippen LogP contribution in [-0.2, 0) is 14.8 Å². The Labute approximate surface area is 87.5 Å². The van der Waals surface area contributed by atoms with Gasteiger partial charge in [-0.25, -0.2) is 13.1 Å². The number of carbonyl (C=O) groups excluding carboxylic acids is 1. The van der Waals surface area contributed by atoms with Gasteiger partial charge in [0.25, 0.3) is 0 Å². The largest absolute Gasteiger partial charge is 0.298 e. The van der Waals surface area contributed by atoms with Gasteiger partial charge in [0.05, 0.1) is 0 Å². The van der Waals surface area contributed by atoms with Gasteiger partial charge in [0, 0.05) is 5.57 Å². The summed E-state index contributed by atoms with van der Waals surface area (Å²) < 4.78 is 25.3. The topological polar surface area (TPSA) is 63.2 Å². The maximum atomic E-state index is 11.4. The summed E-state index contributed by atoms with van der Waals surface area (Å²) in [5, 5.41) is 0. The second-order valence-corrected chi connectivity index (χ2v) is 6.11. The van der Waals surface area contributed by atoms with Gasteiger partial charge in [0.1, 0.15) is 10.5 Å². The molecule has 1 aliphatic rings. The number of nitrogens with one attached hydrogen (secondary N) is 1. The van der Waals surface area contributed by atoms with Gasteiger partial charge < -0.3 is 0 Å². The molecule has 0 saturated heterocycles. The van der Waals surface area contributed by atoms with Crippen LogP contribution in [0.15, 0.2) is 20.8 Å². The number of aldehydes is 1. The van der Waals surface area contributed by atoms with E-state index in [1.807, 2.05) is 0 Å². The molecule has 0 aromatic carbocycles. The molecule has 1 N–H and O–H groups in total. The van der Waals surface area contributed by atoms with Crippen molar-refractivity contribution in [2.75, 3.05) is 7.05 Å². The van der Waals surface area contributed by atoms with Crippen molar-refractivity contribution in [3.8, 4) is 0 Å². The molecule has 4 nitrogen and oxygen atoms in total. The van der Waals surface area contributed by atoms with Gasteiger partial charge in [-0.1, -0.05) is 17.8 Å². The minimum absolute atomic E-state index is 0.267. The molecule has 78 valence electrons. The van der Waals surface area contributed by atoms with Crippen molar-refractivity contribution in [2.45, 2.75) is 13.3 Å². The predicted molar refractivity (Wildman–Crippen MR) is 57.0 cm³/mol. The number of hydrogen-bond donors (Lipinski definition) is 1. The van der Waals surface area contributed by atoms with E-state index in [9.17, 15) is 13.2 Å². The maximum absolute atomic E-state index is 11.4. The lowest BCUT2D eigenvalue weighted by atomic mass is 10.2. The normalized spacial score (nSPS) is 18.0. The molecule has 6 heteroatoms. The van der Waals surface area contributed by atoms with Crippen molar-refractivity contribution in [1.82, 2.24) is 4.72 Å². The summed E-state index contributed by atoms with van der Waals surface area (Å²) in [5.41, 5.74) is 0.644. The summed E-state index contributed by atoms with van der Waals surface area (Å²) in [7, 11) is -2.00. The molecule has 0 unspecified atom stereocenters. The minimum Gasteiger partial charge on any atom is -0.298 e. The molecule has 0 fully saturated rings. The van der Waals surface area contributed by atoms with Gasteiger partial charge in [-0.05, 0) is 25.3 Å². The maximum Gasteiger partial charge on any atom is 0.246 e. The van der Waals surface area contributed by atoms with E-state index in [1.165, 1.54) is 7.05 Å². The van der Waals surface area contributed by atoms with E-state index in [1.54, 1.807) is 13.0 Å². The standard InChI is InChI=1S/C8H11NO3S2/c1-6-7(5-10)3-4-8(13-6)14(11,12)9-2/h4-5,9H,3H2,1-2H3. The first-order chi connectivity index (χ1) is 6.51. The smallest absolute Gasteiger partial charge is 0.246 e. The first kappa shape index (κ1) is 11.5. The van der Waals surface area contributed by atoms with Gasteiger partial charge >= 0.3 is 0 Å². The predicted octanol–water partition coefficient (Wildman–Crippen LogP) is 0.987. The highest BCUT2D eigenvalue weighted by atomic mass is 32.3. The van der Waals surface area contributed by atoms with Crippen LogP contribution in [0, 0.1) is 0 Å². The average Bonchev–Trinajstić information content (AvgIpc) is 2.17. The Hall–Kier alpha value is -0.590. The summed E-state index contributed by atoms with van der Waals surface area (Å²) >= 11 is 1.11. The number of rotatable bonds is 3. The summed E-state index contributed by atoms with van der Waals surface area (Å²) in [6, 6.07) is 0. The molecular weight excluding hydrogens is 222 g/mol. The summed E-state index contributed by atoms with van der Waals surface area (Å²) in [6.45, 7) is 1.74. The van der Waals surface area contributed by atoms with E-state index in [0.717, 1.165) is 23.0 Å². The van der Waals surface area contributed by atoms with Crippen molar-refractivity contribution in [3.05, 3.63) is 20.8 Å². The second kappa shape index (κ2) is 4.29. The van der Waals surface area contributed by atoms with E-state index in [-0.39, 0.29) is 4.24 Å². The first-order valence-corrected chi connectivity index (χ1v) is 6.27. The summed E-state index contributed by atoms with van der Waals surface area (Å²) in [4.78, 5) is 11.3. The first-order valence-electron chi connectivity index (χ1n) is 3.97. The number of hydrogen-bond acceptors (Lipinski definition) is 4. The van der Waals surface area contributed by atoms with Crippen LogP contribution in [0.3, 0.4) is 0 Å². The lowest BCUT2D eigenvalue weighted by Crippen LogP contribution is -2.20. The minimum atomic E-state index is -3.36. The Morgan fingerprint density at radius 1 is 1.57 bits per heavy atom. The summed E-state index contributed by atoms with van der Waals surface area (Å²) in [5.74, 6) is 0. The van der Waals surface area contributed by atoms with Gasteiger partial charge in [-0.15, -0.1) is 0 Å². The average molecular weight is 233 g/mol. The Balaban J connectivity index is 2.94. The quantitative estimate of drug-likeness (QED) is 0.738. The van der Waals surface area contributed by atoms with Gasteiger partial charge in [-0.3, -0.25) is 4.79 Å². The van der Waals surface area contributed by atoms with Crippen molar-refractivity contribution >= 4 is 28.1 Å². The number of carbonyl (C=O) groups is 1. The zero-order valence-corrected chi connectivity index (χ0v) is 9.54. The van der Waals surface area contributed by atoms with E-state index >= 15 is 0 Å². The van der Waals surface area contributed by atoms with Crippen LogP contribution >= 0.6 is 11.8 Å². The molecule has 0 amide bonds. The molecule has 1 aliphatic heterocycles. The van der Waals surface area contributed by atoms with Crippen LogP contribution in [0.2, 0.25) is 0 Å². The Morgan fingerprint density at radius 2 is 2.21 bits per heavy atom. The molecule has 0 saturated carbocycles. The fourth-order valence-electron chi connectivity index (χ4n) is 0.991. The lowest BCUT2D eigenvalue weighted by Gasteiger charge is -2.14. The third kappa shape index (κ3) is 2.26. The van der Waals surface area contributed by atoms with Crippen LogP contribution in [-0.4, -0.2) is 21.8 Å². The van der Waals surface area contributed by atoms with Crippen molar-refractivity contribution in [1.29, 1.82) is 0 Å². The highest BCUT2D eigenvalue weighted by molar-refractivity contribution is 8.20. The van der Waals surface area contributed by atoms with Crippen LogP contribution in [0.4, 0.5) is 0 Å². The fraction of sp³-hybridized carbons (Fsp3) is 0.375. The van der Waals surface area contributed by atoms with E-state index < -0.39 is 10.0 Å². The van der Waals surface area contributed by atoms with Crippen LogP contribution in [0.5, 0.6) is 0 Å².